The summed E-state index contributed by atoms with van der Waals surface area (Å²) in [6.07, 6.45) is 2.15. The molecular formula is C20H27FN4O. The first-order valence-electron chi connectivity index (χ1n) is 9.21. The van der Waals surface area contributed by atoms with Crippen molar-refractivity contribution in [2.75, 3.05) is 24.5 Å². The maximum Gasteiger partial charge on any atom is 0.220 e. The number of aromatic nitrogens is 2. The average molecular weight is 358 g/mol. The molecule has 1 aliphatic rings. The lowest BCUT2D eigenvalue weighted by molar-refractivity contribution is -0.121. The maximum atomic E-state index is 13.9. The lowest BCUT2D eigenvalue weighted by atomic mass is 10.1. The van der Waals surface area contributed by atoms with Crippen molar-refractivity contribution in [3.05, 3.63) is 47.0 Å². The average Bonchev–Trinajstić information content (AvgIpc) is 3.17. The lowest BCUT2D eigenvalue weighted by Crippen LogP contribution is -2.31. The van der Waals surface area contributed by atoms with E-state index in [1.807, 2.05) is 37.7 Å². The van der Waals surface area contributed by atoms with E-state index in [2.05, 4.69) is 15.3 Å². The van der Waals surface area contributed by atoms with Crippen molar-refractivity contribution in [1.82, 2.24) is 15.1 Å². The van der Waals surface area contributed by atoms with Gasteiger partial charge in [0.15, 0.2) is 0 Å². The van der Waals surface area contributed by atoms with Crippen molar-refractivity contribution >= 4 is 11.6 Å². The molecule has 1 N–H and O–H groups in total. The zero-order chi connectivity index (χ0) is 18.7. The van der Waals surface area contributed by atoms with Gasteiger partial charge in [0.1, 0.15) is 5.82 Å². The first-order chi connectivity index (χ1) is 12.5. The number of aryl methyl sites for hydroxylation is 2. The van der Waals surface area contributed by atoms with Gasteiger partial charge in [0.25, 0.3) is 0 Å². The van der Waals surface area contributed by atoms with Gasteiger partial charge < -0.3 is 10.2 Å². The molecule has 0 aliphatic carbocycles. The summed E-state index contributed by atoms with van der Waals surface area (Å²) in [4.78, 5) is 14.3. The van der Waals surface area contributed by atoms with Crippen LogP contribution in [0.25, 0.3) is 0 Å². The molecule has 1 amide bonds. The maximum absolute atomic E-state index is 13.9. The quantitative estimate of drug-likeness (QED) is 0.864. The van der Waals surface area contributed by atoms with Crippen LogP contribution in [0.1, 0.15) is 29.8 Å². The fourth-order valence-corrected chi connectivity index (χ4v) is 3.69. The summed E-state index contributed by atoms with van der Waals surface area (Å²) in [7, 11) is 1.92. The normalized spacial score (nSPS) is 16.9. The molecule has 0 unspecified atom stereocenters. The Morgan fingerprint density at radius 2 is 2.12 bits per heavy atom. The molecule has 1 atom stereocenters. The number of nitrogens with one attached hydrogen (secondary N) is 1. The minimum atomic E-state index is -0.181. The number of para-hydroxylation sites is 1. The van der Waals surface area contributed by atoms with Crippen LogP contribution in [0.5, 0.6) is 0 Å². The molecule has 140 valence electrons. The van der Waals surface area contributed by atoms with Crippen molar-refractivity contribution in [2.24, 2.45) is 13.0 Å². The van der Waals surface area contributed by atoms with Gasteiger partial charge in [-0.3, -0.25) is 9.48 Å². The molecule has 2 aromatic rings. The smallest absolute Gasteiger partial charge is 0.220 e. The Morgan fingerprint density at radius 3 is 2.81 bits per heavy atom. The van der Waals surface area contributed by atoms with Gasteiger partial charge in [0.2, 0.25) is 5.91 Å². The third-order valence-corrected chi connectivity index (χ3v) is 5.33. The van der Waals surface area contributed by atoms with Crippen LogP contribution >= 0.6 is 0 Å². The van der Waals surface area contributed by atoms with Crippen LogP contribution in [0.4, 0.5) is 10.1 Å². The van der Waals surface area contributed by atoms with E-state index in [9.17, 15) is 9.18 Å². The minimum Gasteiger partial charge on any atom is -0.369 e. The van der Waals surface area contributed by atoms with Gasteiger partial charge in [-0.25, -0.2) is 4.39 Å². The Kier molecular flexibility index (Phi) is 5.59. The second kappa shape index (κ2) is 7.89. The van der Waals surface area contributed by atoms with Crippen LogP contribution in [0, 0.1) is 25.6 Å². The van der Waals surface area contributed by atoms with Crippen molar-refractivity contribution in [3.63, 3.8) is 0 Å². The summed E-state index contributed by atoms with van der Waals surface area (Å²) in [6, 6.07) is 6.87. The molecule has 1 aromatic heterocycles. The molecule has 26 heavy (non-hydrogen) atoms. The van der Waals surface area contributed by atoms with E-state index in [1.54, 1.807) is 6.07 Å². The van der Waals surface area contributed by atoms with Gasteiger partial charge in [-0.2, -0.15) is 5.10 Å². The number of carbonyl (C=O) groups is 1. The van der Waals surface area contributed by atoms with Crippen molar-refractivity contribution in [3.8, 4) is 0 Å². The number of carbonyl (C=O) groups excluding carboxylic acids is 1. The topological polar surface area (TPSA) is 50.2 Å². The van der Waals surface area contributed by atoms with Gasteiger partial charge in [0, 0.05) is 38.8 Å². The molecule has 0 saturated carbocycles. The van der Waals surface area contributed by atoms with Crippen LogP contribution in [-0.2, 0) is 18.3 Å². The standard InChI is InChI=1S/C20H27FN4O/c1-14-17(15(2)24(3)23-14)8-9-20(26)22-12-16-10-11-25(13-16)19-7-5-4-6-18(19)21/h4-7,16H,8-13H2,1-3H3,(H,22,26)/t16-/m1/s1. The van der Waals surface area contributed by atoms with E-state index < -0.39 is 0 Å². The molecule has 1 aliphatic heterocycles. The zero-order valence-corrected chi connectivity index (χ0v) is 15.8. The molecule has 1 aromatic carbocycles. The van der Waals surface area contributed by atoms with Gasteiger partial charge >= 0.3 is 0 Å². The molecular weight excluding hydrogens is 331 g/mol. The number of hydrogen-bond donors (Lipinski definition) is 1. The molecule has 1 saturated heterocycles. The highest BCUT2D eigenvalue weighted by Crippen LogP contribution is 2.25. The minimum absolute atomic E-state index is 0.0667. The van der Waals surface area contributed by atoms with E-state index in [-0.39, 0.29) is 11.7 Å². The summed E-state index contributed by atoms with van der Waals surface area (Å²) in [6.45, 7) is 6.27. The second-order valence-electron chi connectivity index (χ2n) is 7.13. The van der Waals surface area contributed by atoms with Crippen molar-refractivity contribution in [1.29, 1.82) is 0 Å². The van der Waals surface area contributed by atoms with Crippen LogP contribution < -0.4 is 10.2 Å². The van der Waals surface area contributed by atoms with Crippen LogP contribution in [0.3, 0.4) is 0 Å². The zero-order valence-electron chi connectivity index (χ0n) is 15.8. The van der Waals surface area contributed by atoms with Crippen LogP contribution in [0.15, 0.2) is 24.3 Å². The molecule has 1 fully saturated rings. The number of rotatable bonds is 6. The lowest BCUT2D eigenvalue weighted by Gasteiger charge is -2.19. The predicted octanol–water partition coefficient (Wildman–Crippen LogP) is 2.75. The van der Waals surface area contributed by atoms with Crippen LogP contribution in [-0.4, -0.2) is 35.3 Å². The van der Waals surface area contributed by atoms with Gasteiger partial charge in [-0.1, -0.05) is 12.1 Å². The summed E-state index contributed by atoms with van der Waals surface area (Å²) in [5, 5.41) is 7.43. The molecule has 2 heterocycles. The highest BCUT2D eigenvalue weighted by molar-refractivity contribution is 5.76. The summed E-state index contributed by atoms with van der Waals surface area (Å²) in [5.41, 5.74) is 3.93. The monoisotopic (exact) mass is 358 g/mol. The second-order valence-corrected chi connectivity index (χ2v) is 7.13. The first-order valence-corrected chi connectivity index (χ1v) is 9.21. The summed E-state index contributed by atoms with van der Waals surface area (Å²) >= 11 is 0. The Labute approximate surface area is 154 Å². The molecule has 0 radical (unpaired) electrons. The number of anilines is 1. The van der Waals surface area contributed by atoms with Crippen molar-refractivity contribution < 1.29 is 9.18 Å². The largest absolute Gasteiger partial charge is 0.369 e. The Bertz CT molecular complexity index is 786. The van der Waals surface area contributed by atoms with E-state index in [0.717, 1.165) is 36.5 Å². The number of amides is 1. The van der Waals surface area contributed by atoms with E-state index in [0.29, 0.717) is 31.0 Å². The summed E-state index contributed by atoms with van der Waals surface area (Å²) in [5.74, 6) is 0.247. The van der Waals surface area contributed by atoms with Gasteiger partial charge in [-0.15, -0.1) is 0 Å². The Balaban J connectivity index is 1.45. The molecule has 0 bridgehead atoms. The fraction of sp³-hybridized carbons (Fsp3) is 0.500. The number of hydrogen-bond acceptors (Lipinski definition) is 3. The Morgan fingerprint density at radius 1 is 1.35 bits per heavy atom. The van der Waals surface area contributed by atoms with Gasteiger partial charge in [-0.05, 0) is 50.3 Å². The number of nitrogens with zero attached hydrogens (tertiary/aromatic N) is 3. The fourth-order valence-electron chi connectivity index (χ4n) is 3.69. The third-order valence-electron chi connectivity index (χ3n) is 5.33. The van der Waals surface area contributed by atoms with Gasteiger partial charge in [0.05, 0.1) is 11.4 Å². The molecule has 3 rings (SSSR count). The number of halogens is 1. The van der Waals surface area contributed by atoms with E-state index >= 15 is 0 Å². The highest BCUT2D eigenvalue weighted by atomic mass is 19.1. The van der Waals surface area contributed by atoms with Crippen molar-refractivity contribution in [2.45, 2.75) is 33.1 Å². The number of benzene rings is 1. The summed E-state index contributed by atoms with van der Waals surface area (Å²) < 4.78 is 15.8. The third kappa shape index (κ3) is 4.06. The van der Waals surface area contributed by atoms with Crippen LogP contribution in [0.2, 0.25) is 0 Å². The first kappa shape index (κ1) is 18.4. The Hall–Kier alpha value is -2.37. The molecule has 0 spiro atoms. The van der Waals surface area contributed by atoms with E-state index in [4.69, 9.17) is 0 Å². The highest BCUT2D eigenvalue weighted by Gasteiger charge is 2.24. The predicted molar refractivity (Wildman–Crippen MR) is 101 cm³/mol. The molecule has 6 heteroatoms. The SMILES string of the molecule is Cc1nn(C)c(C)c1CCC(=O)NC[C@H]1CCN(c2ccccc2F)C1. The molecule has 5 nitrogen and oxygen atoms in total. The van der Waals surface area contributed by atoms with E-state index in [1.165, 1.54) is 6.07 Å².